The van der Waals surface area contributed by atoms with E-state index in [4.69, 9.17) is 13.3 Å². The molecule has 0 aliphatic heterocycles. The molecule has 2 aliphatic rings. The molecule has 0 unspecified atom stereocenters. The Bertz CT molecular complexity index is 4650. The Morgan fingerprint density at radius 1 is 0.278 bits per heavy atom. The van der Waals surface area contributed by atoms with E-state index in [9.17, 15) is 0 Å². The van der Waals surface area contributed by atoms with Crippen molar-refractivity contribution in [3.05, 3.63) is 242 Å². The van der Waals surface area contributed by atoms with E-state index >= 15 is 0 Å². The smallest absolute Gasteiger partial charge is 0.162 e. The summed E-state index contributed by atoms with van der Waals surface area (Å²) < 4.78 is 22.5. The van der Waals surface area contributed by atoms with Crippen LogP contribution in [0.25, 0.3) is 98.8 Å². The minimum absolute atomic E-state index is 0.476. The van der Waals surface area contributed by atoms with Gasteiger partial charge in [-0.25, -0.2) is 0 Å². The lowest BCUT2D eigenvalue weighted by Gasteiger charge is -2.33. The van der Waals surface area contributed by atoms with Crippen LogP contribution in [0.3, 0.4) is 0 Å². The number of hydrogen-bond donors (Lipinski definition) is 0. The molecule has 3 aromatic heterocycles. The van der Waals surface area contributed by atoms with Gasteiger partial charge in [0.15, 0.2) is 16.7 Å². The van der Waals surface area contributed by atoms with Gasteiger partial charge in [-0.3, -0.25) is 0 Å². The Morgan fingerprint density at radius 2 is 0.658 bits per heavy atom. The quantitative estimate of drug-likeness (QED) is 0.128. The van der Waals surface area contributed by atoms with Crippen LogP contribution in [-0.2, 0) is 0 Å². The van der Waals surface area contributed by atoms with Gasteiger partial charge in [0.2, 0.25) is 0 Å². The molecular weight excluding hydrogens is 965 g/mol. The molecule has 0 amide bonds. The summed E-state index contributed by atoms with van der Waals surface area (Å²) in [7, 11) is 0. The number of hydrogen-bond acceptors (Lipinski definition) is 5. The topological polar surface area (TPSA) is 45.9 Å². The summed E-state index contributed by atoms with van der Waals surface area (Å²) >= 11 is 0. The van der Waals surface area contributed by atoms with Crippen LogP contribution in [0, 0.1) is 0 Å². The highest BCUT2D eigenvalue weighted by Gasteiger charge is 2.34. The summed E-state index contributed by atoms with van der Waals surface area (Å²) in [6.45, 7) is 0. The molecule has 16 rings (SSSR count). The lowest BCUT2D eigenvalue weighted by molar-refractivity contribution is 0.643. The molecular formula is C74H56N2O3. The summed E-state index contributed by atoms with van der Waals surface area (Å²) in [6, 6.07) is 83.7. The van der Waals surface area contributed by atoms with Crippen molar-refractivity contribution in [1.82, 2.24) is 0 Å². The molecule has 2 fully saturated rings. The van der Waals surface area contributed by atoms with Crippen molar-refractivity contribution < 1.29 is 13.3 Å². The van der Waals surface area contributed by atoms with E-state index in [1.54, 1.807) is 0 Å². The zero-order valence-electron chi connectivity index (χ0n) is 43.9. The van der Waals surface area contributed by atoms with Gasteiger partial charge >= 0.3 is 0 Å². The van der Waals surface area contributed by atoms with Crippen LogP contribution in [-0.4, -0.2) is 0 Å². The fraction of sp³-hybridized carbons (Fsp3) is 0.135. The summed E-state index contributed by atoms with van der Waals surface area (Å²) in [5.74, 6) is 0.953. The molecule has 5 heteroatoms. The Labute approximate surface area is 458 Å². The van der Waals surface area contributed by atoms with Crippen LogP contribution >= 0.6 is 0 Å². The third-order valence-electron chi connectivity index (χ3n) is 17.5. The minimum Gasteiger partial charge on any atom is -0.454 e. The highest BCUT2D eigenvalue weighted by atomic mass is 16.3. The Balaban J connectivity index is 1.05. The molecule has 14 aromatic rings. The van der Waals surface area contributed by atoms with Crippen molar-refractivity contribution in [3.8, 4) is 22.3 Å². The summed E-state index contributed by atoms with van der Waals surface area (Å²) in [6.07, 6.45) is 9.72. The number of anilines is 6. The molecule has 11 aromatic carbocycles. The van der Waals surface area contributed by atoms with Crippen molar-refractivity contribution in [2.24, 2.45) is 0 Å². The van der Waals surface area contributed by atoms with E-state index in [2.05, 4.69) is 240 Å². The van der Waals surface area contributed by atoms with Crippen LogP contribution in [0.1, 0.15) is 74.3 Å². The number of benzene rings is 11. The zero-order valence-corrected chi connectivity index (χ0v) is 43.9. The molecule has 0 saturated heterocycles. The standard InChI is InChI=1S/C74H56N2O3/c1-3-23-47(24-4-1)51-31-13-16-42-62(51)75(64-44-21-40-59-57-38-19-36-53(49-27-7-8-28-49)70(57)78-72(59)64)68-55-33-11-12-34-56(55)69(74-67(68)61-35-15-18-46-66(61)77-74)76(63-43-17-14-32-52(63)48-25-5-2-6-26-48)65-45-22-41-60-58-39-20-37-54(50-29-9-10-30-50)71(58)79-73(60)65/h1-6,11-26,31-46,49-50H,7-10,27-30H2. The number of fused-ring (bicyclic) bond motifs is 10. The average molecular weight is 1020 g/mol. The second-order valence-corrected chi connectivity index (χ2v) is 21.9. The Morgan fingerprint density at radius 3 is 1.18 bits per heavy atom. The third-order valence-corrected chi connectivity index (χ3v) is 17.5. The Hall–Kier alpha value is -9.32. The van der Waals surface area contributed by atoms with Crippen molar-refractivity contribution in [2.75, 3.05) is 9.80 Å². The lowest BCUT2D eigenvalue weighted by Crippen LogP contribution is -2.15. The van der Waals surface area contributed by atoms with Gasteiger partial charge in [-0.2, -0.15) is 0 Å². The molecule has 5 nitrogen and oxygen atoms in total. The van der Waals surface area contributed by atoms with Crippen LogP contribution in [0.15, 0.2) is 244 Å². The SMILES string of the molecule is c1ccc(-c2ccccc2N(c2cccc3c2oc2c(C4CCCC4)cccc23)c2c3ccccc3c(N(c3ccccc3-c3ccccc3)c3cccc4c3oc3c(C5CCCC5)cccc34)c3c2oc2ccccc23)cc1. The molecule has 0 radical (unpaired) electrons. The third kappa shape index (κ3) is 7.29. The number of furan rings is 3. The normalized spacial score (nSPS) is 14.3. The van der Waals surface area contributed by atoms with E-state index in [0.717, 1.165) is 133 Å². The lowest BCUT2D eigenvalue weighted by atomic mass is 9.94. The van der Waals surface area contributed by atoms with Crippen molar-refractivity contribution in [3.63, 3.8) is 0 Å². The van der Waals surface area contributed by atoms with Gasteiger partial charge in [-0.15, -0.1) is 0 Å². The first-order valence-corrected chi connectivity index (χ1v) is 28.4. The molecule has 2 aliphatic carbocycles. The van der Waals surface area contributed by atoms with Crippen LogP contribution in [0.5, 0.6) is 0 Å². The van der Waals surface area contributed by atoms with Crippen molar-refractivity contribution >= 4 is 111 Å². The minimum atomic E-state index is 0.476. The van der Waals surface area contributed by atoms with E-state index < -0.39 is 0 Å². The van der Waals surface area contributed by atoms with Gasteiger partial charge < -0.3 is 23.1 Å². The molecule has 3 heterocycles. The van der Waals surface area contributed by atoms with Gasteiger partial charge in [0.1, 0.15) is 16.7 Å². The largest absolute Gasteiger partial charge is 0.454 e. The molecule has 79 heavy (non-hydrogen) atoms. The van der Waals surface area contributed by atoms with Gasteiger partial charge in [0.05, 0.1) is 39.5 Å². The van der Waals surface area contributed by atoms with E-state index in [0.29, 0.717) is 11.8 Å². The molecule has 0 spiro atoms. The number of nitrogens with zero attached hydrogens (tertiary/aromatic N) is 2. The maximum absolute atomic E-state index is 7.58. The monoisotopic (exact) mass is 1020 g/mol. The average Bonchev–Trinajstić information content (AvgIpc) is 4.59. The molecule has 0 bridgehead atoms. The van der Waals surface area contributed by atoms with Crippen molar-refractivity contribution in [2.45, 2.75) is 63.2 Å². The first-order valence-electron chi connectivity index (χ1n) is 28.4. The number of para-hydroxylation sites is 7. The summed E-state index contributed by atoms with van der Waals surface area (Å²) in [5, 5.41) is 8.58. The predicted octanol–water partition coefficient (Wildman–Crippen LogP) is 22.1. The highest BCUT2D eigenvalue weighted by molar-refractivity contribution is 6.30. The fourth-order valence-electron chi connectivity index (χ4n) is 14.0. The Kier molecular flexibility index (Phi) is 10.9. The maximum atomic E-state index is 7.58. The van der Waals surface area contributed by atoms with Gasteiger partial charge in [0.25, 0.3) is 0 Å². The zero-order chi connectivity index (χ0) is 52.0. The van der Waals surface area contributed by atoms with Crippen LogP contribution < -0.4 is 9.80 Å². The van der Waals surface area contributed by atoms with Gasteiger partial charge in [0, 0.05) is 48.8 Å². The molecule has 0 N–H and O–H groups in total. The van der Waals surface area contributed by atoms with E-state index in [1.165, 1.54) is 62.5 Å². The fourth-order valence-corrected chi connectivity index (χ4v) is 14.0. The molecule has 2 saturated carbocycles. The second-order valence-electron chi connectivity index (χ2n) is 21.9. The first-order chi connectivity index (χ1) is 39.2. The number of rotatable bonds is 10. The summed E-state index contributed by atoms with van der Waals surface area (Å²) in [5.41, 5.74) is 18.2. The highest BCUT2D eigenvalue weighted by Crippen LogP contribution is 2.58. The first kappa shape index (κ1) is 45.8. The van der Waals surface area contributed by atoms with Crippen LogP contribution in [0.2, 0.25) is 0 Å². The van der Waals surface area contributed by atoms with Crippen LogP contribution in [0.4, 0.5) is 34.1 Å². The van der Waals surface area contributed by atoms with E-state index in [1.807, 2.05) is 0 Å². The molecule has 380 valence electrons. The molecule has 0 atom stereocenters. The van der Waals surface area contributed by atoms with E-state index in [-0.39, 0.29) is 0 Å². The predicted molar refractivity (Wildman–Crippen MR) is 328 cm³/mol. The van der Waals surface area contributed by atoms with Crippen molar-refractivity contribution in [1.29, 1.82) is 0 Å². The summed E-state index contributed by atoms with van der Waals surface area (Å²) in [4.78, 5) is 4.94. The second kappa shape index (κ2) is 18.7. The maximum Gasteiger partial charge on any atom is 0.162 e. The van der Waals surface area contributed by atoms with Gasteiger partial charge in [-0.05, 0) is 90.1 Å². The van der Waals surface area contributed by atoms with Gasteiger partial charge in [-0.1, -0.05) is 226 Å².